The van der Waals surface area contributed by atoms with Crippen molar-refractivity contribution in [1.29, 1.82) is 0 Å². The largest absolute Gasteiger partial charge is 0.409 e. The molecule has 0 aromatic heterocycles. The SMILES string of the molecule is Cc1cc(Br)c(NCCCC(C)(C)C(N)=NO)c(Br)c1. The van der Waals surface area contributed by atoms with Crippen LogP contribution in [0.5, 0.6) is 0 Å². The Morgan fingerprint density at radius 1 is 1.35 bits per heavy atom. The Labute approximate surface area is 137 Å². The Hall–Kier alpha value is -0.750. The van der Waals surface area contributed by atoms with Gasteiger partial charge in [-0.05, 0) is 69.3 Å². The van der Waals surface area contributed by atoms with Crippen molar-refractivity contribution in [2.45, 2.75) is 33.6 Å². The first kappa shape index (κ1) is 17.3. The molecule has 0 saturated carbocycles. The summed E-state index contributed by atoms with van der Waals surface area (Å²) in [5.41, 5.74) is 7.63. The highest BCUT2D eigenvalue weighted by Crippen LogP contribution is 2.32. The molecular weight excluding hydrogens is 386 g/mol. The molecule has 0 bridgehead atoms. The van der Waals surface area contributed by atoms with Crippen LogP contribution in [0.1, 0.15) is 32.3 Å². The molecule has 0 radical (unpaired) electrons. The molecule has 0 heterocycles. The highest BCUT2D eigenvalue weighted by Gasteiger charge is 2.22. The van der Waals surface area contributed by atoms with Gasteiger partial charge in [-0.25, -0.2) is 0 Å². The first-order chi connectivity index (χ1) is 9.27. The fourth-order valence-corrected chi connectivity index (χ4v) is 3.57. The number of anilines is 1. The standard InChI is InChI=1S/C14H21Br2N3O/c1-9-7-10(15)12(11(16)8-9)18-6-4-5-14(2,3)13(17)19-20/h7-8,18,20H,4-6H2,1-3H3,(H2,17,19). The summed E-state index contributed by atoms with van der Waals surface area (Å²) in [6.45, 7) is 6.82. The van der Waals surface area contributed by atoms with Gasteiger partial charge in [-0.2, -0.15) is 0 Å². The van der Waals surface area contributed by atoms with Crippen LogP contribution in [0.4, 0.5) is 5.69 Å². The number of halogens is 2. The van der Waals surface area contributed by atoms with Crippen LogP contribution in [-0.4, -0.2) is 17.6 Å². The third-order valence-electron chi connectivity index (χ3n) is 3.27. The predicted molar refractivity (Wildman–Crippen MR) is 91.5 cm³/mol. The zero-order valence-electron chi connectivity index (χ0n) is 12.0. The summed E-state index contributed by atoms with van der Waals surface area (Å²) >= 11 is 7.12. The number of hydrogen-bond donors (Lipinski definition) is 3. The van der Waals surface area contributed by atoms with Gasteiger partial charge in [-0.15, -0.1) is 0 Å². The van der Waals surface area contributed by atoms with Crippen LogP contribution < -0.4 is 11.1 Å². The van der Waals surface area contributed by atoms with Gasteiger partial charge in [0.05, 0.1) is 5.69 Å². The van der Waals surface area contributed by atoms with Crippen molar-refractivity contribution in [2.24, 2.45) is 16.3 Å². The Morgan fingerprint density at radius 3 is 2.40 bits per heavy atom. The molecule has 4 nitrogen and oxygen atoms in total. The van der Waals surface area contributed by atoms with E-state index >= 15 is 0 Å². The molecule has 0 atom stereocenters. The Bertz CT molecular complexity index is 478. The monoisotopic (exact) mass is 405 g/mol. The maximum atomic E-state index is 8.74. The number of rotatable bonds is 6. The third kappa shape index (κ3) is 4.66. The van der Waals surface area contributed by atoms with E-state index in [-0.39, 0.29) is 11.3 Å². The lowest BCUT2D eigenvalue weighted by Crippen LogP contribution is -2.32. The van der Waals surface area contributed by atoms with Gasteiger partial charge in [-0.1, -0.05) is 19.0 Å². The summed E-state index contributed by atoms with van der Waals surface area (Å²) in [6, 6.07) is 4.15. The summed E-state index contributed by atoms with van der Waals surface area (Å²) < 4.78 is 2.08. The summed E-state index contributed by atoms with van der Waals surface area (Å²) in [6.07, 6.45) is 1.77. The lowest BCUT2D eigenvalue weighted by Gasteiger charge is -2.23. The highest BCUT2D eigenvalue weighted by atomic mass is 79.9. The van der Waals surface area contributed by atoms with E-state index in [1.165, 1.54) is 5.56 Å². The van der Waals surface area contributed by atoms with E-state index in [1.807, 2.05) is 13.8 Å². The Morgan fingerprint density at radius 2 is 1.90 bits per heavy atom. The number of nitrogens with one attached hydrogen (secondary N) is 1. The van der Waals surface area contributed by atoms with Crippen LogP contribution in [0, 0.1) is 12.3 Å². The summed E-state index contributed by atoms with van der Waals surface area (Å²) in [5.74, 6) is 0.273. The lowest BCUT2D eigenvalue weighted by atomic mass is 9.86. The second-order valence-corrected chi connectivity index (χ2v) is 7.21. The molecule has 0 aliphatic heterocycles. The summed E-state index contributed by atoms with van der Waals surface area (Å²) in [4.78, 5) is 0. The molecule has 6 heteroatoms. The number of hydrogen-bond acceptors (Lipinski definition) is 3. The van der Waals surface area contributed by atoms with Crippen molar-refractivity contribution < 1.29 is 5.21 Å². The first-order valence-corrected chi connectivity index (χ1v) is 8.04. The van der Waals surface area contributed by atoms with Gasteiger partial charge in [-0.3, -0.25) is 0 Å². The first-order valence-electron chi connectivity index (χ1n) is 6.45. The van der Waals surface area contributed by atoms with Crippen LogP contribution >= 0.6 is 31.9 Å². The minimum atomic E-state index is -0.293. The van der Waals surface area contributed by atoms with Crippen molar-refractivity contribution in [1.82, 2.24) is 0 Å². The fraction of sp³-hybridized carbons (Fsp3) is 0.500. The molecule has 0 unspecified atom stereocenters. The van der Waals surface area contributed by atoms with Gasteiger partial charge in [0.2, 0.25) is 0 Å². The Balaban J connectivity index is 2.54. The van der Waals surface area contributed by atoms with E-state index in [9.17, 15) is 0 Å². The van der Waals surface area contributed by atoms with Crippen LogP contribution in [-0.2, 0) is 0 Å². The highest BCUT2D eigenvalue weighted by molar-refractivity contribution is 9.11. The maximum absolute atomic E-state index is 8.74. The van der Waals surface area contributed by atoms with E-state index in [4.69, 9.17) is 10.9 Å². The van der Waals surface area contributed by atoms with Crippen molar-refractivity contribution in [2.75, 3.05) is 11.9 Å². The molecule has 0 amide bonds. The molecule has 0 saturated heterocycles. The lowest BCUT2D eigenvalue weighted by molar-refractivity contribution is 0.305. The van der Waals surface area contributed by atoms with E-state index in [0.717, 1.165) is 34.0 Å². The molecule has 0 aliphatic rings. The quantitative estimate of drug-likeness (QED) is 0.214. The molecular formula is C14H21Br2N3O. The minimum absolute atomic E-state index is 0.273. The molecule has 0 fully saturated rings. The molecule has 112 valence electrons. The zero-order chi connectivity index (χ0) is 15.3. The molecule has 1 aromatic rings. The third-order valence-corrected chi connectivity index (χ3v) is 4.52. The van der Waals surface area contributed by atoms with Crippen molar-refractivity contribution in [3.63, 3.8) is 0 Å². The van der Waals surface area contributed by atoms with Gasteiger partial charge in [0.25, 0.3) is 0 Å². The van der Waals surface area contributed by atoms with Gasteiger partial charge < -0.3 is 16.3 Å². The maximum Gasteiger partial charge on any atom is 0.144 e. The van der Waals surface area contributed by atoms with E-state index < -0.39 is 0 Å². The molecule has 4 N–H and O–H groups in total. The number of oxime groups is 1. The van der Waals surface area contributed by atoms with Gasteiger partial charge in [0, 0.05) is 20.9 Å². The number of amidine groups is 1. The molecule has 1 aromatic carbocycles. The normalized spacial score (nSPS) is 12.6. The van der Waals surface area contributed by atoms with Crippen LogP contribution in [0.2, 0.25) is 0 Å². The van der Waals surface area contributed by atoms with Gasteiger partial charge in [0.1, 0.15) is 5.84 Å². The summed E-state index contributed by atoms with van der Waals surface area (Å²) in [7, 11) is 0. The van der Waals surface area contributed by atoms with E-state index in [2.05, 4.69) is 61.4 Å². The van der Waals surface area contributed by atoms with Crippen LogP contribution in [0.3, 0.4) is 0 Å². The number of benzene rings is 1. The number of nitrogens with zero attached hydrogens (tertiary/aromatic N) is 1. The van der Waals surface area contributed by atoms with Gasteiger partial charge >= 0.3 is 0 Å². The van der Waals surface area contributed by atoms with Crippen molar-refractivity contribution in [3.8, 4) is 0 Å². The zero-order valence-corrected chi connectivity index (χ0v) is 15.2. The average Bonchev–Trinajstić information content (AvgIpc) is 2.35. The smallest absolute Gasteiger partial charge is 0.144 e. The van der Waals surface area contributed by atoms with Crippen LogP contribution in [0.15, 0.2) is 26.2 Å². The second kappa shape index (κ2) is 7.31. The van der Waals surface area contributed by atoms with Crippen molar-refractivity contribution in [3.05, 3.63) is 26.6 Å². The predicted octanol–water partition coefficient (Wildman–Crippen LogP) is 4.48. The molecule has 1 rings (SSSR count). The Kier molecular flexibility index (Phi) is 6.33. The van der Waals surface area contributed by atoms with E-state index in [0.29, 0.717) is 0 Å². The molecule has 20 heavy (non-hydrogen) atoms. The fourth-order valence-electron chi connectivity index (χ4n) is 1.88. The minimum Gasteiger partial charge on any atom is -0.409 e. The number of nitrogens with two attached hydrogens (primary N) is 1. The average molecular weight is 407 g/mol. The van der Waals surface area contributed by atoms with E-state index in [1.54, 1.807) is 0 Å². The topological polar surface area (TPSA) is 70.6 Å². The summed E-state index contributed by atoms with van der Waals surface area (Å²) in [5, 5.41) is 15.2. The van der Waals surface area contributed by atoms with Crippen molar-refractivity contribution >= 4 is 43.4 Å². The molecule has 0 spiro atoms. The second-order valence-electron chi connectivity index (χ2n) is 5.50. The molecule has 0 aliphatic carbocycles. The van der Waals surface area contributed by atoms with Crippen LogP contribution in [0.25, 0.3) is 0 Å². The number of aryl methyl sites for hydroxylation is 1. The van der Waals surface area contributed by atoms with Gasteiger partial charge in [0.15, 0.2) is 0 Å².